The van der Waals surface area contributed by atoms with Gasteiger partial charge in [0.25, 0.3) is 0 Å². The Bertz CT molecular complexity index is 424. The van der Waals surface area contributed by atoms with Crippen LogP contribution in [0.2, 0.25) is 0 Å². The van der Waals surface area contributed by atoms with Crippen LogP contribution in [0.4, 0.5) is 5.69 Å². The van der Waals surface area contributed by atoms with E-state index in [1.54, 1.807) is 7.11 Å². The van der Waals surface area contributed by atoms with Crippen molar-refractivity contribution in [3.05, 3.63) is 29.8 Å². The molecule has 2 rings (SSSR count). The molecule has 0 amide bonds. The van der Waals surface area contributed by atoms with Gasteiger partial charge in [-0.1, -0.05) is 25.1 Å². The maximum absolute atomic E-state index is 5.09. The van der Waals surface area contributed by atoms with Gasteiger partial charge in [0, 0.05) is 51.6 Å². The Hall–Kier alpha value is -1.10. The number of methoxy groups -OCH3 is 1. The van der Waals surface area contributed by atoms with Gasteiger partial charge >= 0.3 is 0 Å². The highest BCUT2D eigenvalue weighted by Gasteiger charge is 2.23. The predicted molar refractivity (Wildman–Crippen MR) is 88.9 cm³/mol. The highest BCUT2D eigenvalue weighted by atomic mass is 16.5. The summed E-state index contributed by atoms with van der Waals surface area (Å²) in [5, 5.41) is 3.45. The number of piperazine rings is 1. The predicted octanol–water partition coefficient (Wildman–Crippen LogP) is 1.95. The van der Waals surface area contributed by atoms with E-state index in [2.05, 4.69) is 53.2 Å². The standard InChI is InChI=1S/C17H29N3O/c1-4-19-10-11-20(14-15(19)2)17-8-6-5-7-16(17)13-18-9-12-21-3/h5-8,15,18H,4,9-14H2,1-3H3. The zero-order chi connectivity index (χ0) is 15.1. The summed E-state index contributed by atoms with van der Waals surface area (Å²) in [4.78, 5) is 5.08. The van der Waals surface area contributed by atoms with E-state index >= 15 is 0 Å². The Balaban J connectivity index is 1.99. The van der Waals surface area contributed by atoms with Crippen molar-refractivity contribution in [2.45, 2.75) is 26.4 Å². The van der Waals surface area contributed by atoms with Crippen LogP contribution in [0.5, 0.6) is 0 Å². The van der Waals surface area contributed by atoms with Gasteiger partial charge in [0.15, 0.2) is 0 Å². The molecular formula is C17H29N3O. The number of nitrogens with zero attached hydrogens (tertiary/aromatic N) is 2. The molecule has 1 heterocycles. The van der Waals surface area contributed by atoms with Gasteiger partial charge in [-0.25, -0.2) is 0 Å². The maximum Gasteiger partial charge on any atom is 0.0587 e. The normalized spacial score (nSPS) is 20.0. The zero-order valence-electron chi connectivity index (χ0n) is 13.6. The summed E-state index contributed by atoms with van der Waals surface area (Å²) in [6.45, 7) is 11.7. The van der Waals surface area contributed by atoms with Gasteiger partial charge in [-0.2, -0.15) is 0 Å². The number of hydrogen-bond donors (Lipinski definition) is 1. The quantitative estimate of drug-likeness (QED) is 0.777. The fraction of sp³-hybridized carbons (Fsp3) is 0.647. The smallest absolute Gasteiger partial charge is 0.0587 e. The Labute approximate surface area is 129 Å². The molecule has 1 atom stereocenters. The molecule has 1 N–H and O–H groups in total. The Morgan fingerprint density at radius 1 is 1.29 bits per heavy atom. The van der Waals surface area contributed by atoms with Crippen LogP contribution in [0.25, 0.3) is 0 Å². The van der Waals surface area contributed by atoms with E-state index in [1.165, 1.54) is 11.3 Å². The third-order valence-electron chi connectivity index (χ3n) is 4.30. The van der Waals surface area contributed by atoms with Gasteiger partial charge in [-0.15, -0.1) is 0 Å². The van der Waals surface area contributed by atoms with Crippen molar-refractivity contribution in [2.24, 2.45) is 0 Å². The number of anilines is 1. The number of nitrogens with one attached hydrogen (secondary N) is 1. The molecule has 21 heavy (non-hydrogen) atoms. The van der Waals surface area contributed by atoms with Crippen LogP contribution in [0.3, 0.4) is 0 Å². The molecule has 0 radical (unpaired) electrons. The van der Waals surface area contributed by atoms with E-state index in [0.717, 1.165) is 45.9 Å². The minimum atomic E-state index is 0.623. The summed E-state index contributed by atoms with van der Waals surface area (Å²) in [6, 6.07) is 9.37. The minimum Gasteiger partial charge on any atom is -0.383 e. The van der Waals surface area contributed by atoms with Crippen LogP contribution in [-0.2, 0) is 11.3 Å². The molecular weight excluding hydrogens is 262 g/mol. The number of benzene rings is 1. The minimum absolute atomic E-state index is 0.623. The fourth-order valence-corrected chi connectivity index (χ4v) is 3.05. The second-order valence-electron chi connectivity index (χ2n) is 5.72. The summed E-state index contributed by atoms with van der Waals surface area (Å²) in [5.74, 6) is 0. The Kier molecular flexibility index (Phi) is 6.49. The van der Waals surface area contributed by atoms with Crippen LogP contribution >= 0.6 is 0 Å². The molecule has 1 unspecified atom stereocenters. The third kappa shape index (κ3) is 4.43. The molecule has 1 aromatic carbocycles. The van der Waals surface area contributed by atoms with E-state index in [9.17, 15) is 0 Å². The molecule has 1 aromatic rings. The first-order valence-electron chi connectivity index (χ1n) is 8.02. The average molecular weight is 291 g/mol. The molecule has 0 saturated carbocycles. The van der Waals surface area contributed by atoms with Crippen molar-refractivity contribution in [2.75, 3.05) is 51.3 Å². The van der Waals surface area contributed by atoms with Crippen LogP contribution in [0.1, 0.15) is 19.4 Å². The topological polar surface area (TPSA) is 27.7 Å². The molecule has 0 aromatic heterocycles. The van der Waals surface area contributed by atoms with E-state index in [0.29, 0.717) is 6.04 Å². The summed E-state index contributed by atoms with van der Waals surface area (Å²) in [7, 11) is 1.74. The lowest BCUT2D eigenvalue weighted by molar-refractivity contribution is 0.198. The van der Waals surface area contributed by atoms with E-state index in [1.807, 2.05) is 0 Å². The molecule has 1 saturated heterocycles. The van der Waals surface area contributed by atoms with Crippen molar-refractivity contribution in [3.63, 3.8) is 0 Å². The largest absolute Gasteiger partial charge is 0.383 e. The van der Waals surface area contributed by atoms with E-state index in [-0.39, 0.29) is 0 Å². The van der Waals surface area contributed by atoms with Crippen molar-refractivity contribution in [1.29, 1.82) is 0 Å². The first-order valence-corrected chi connectivity index (χ1v) is 8.02. The monoisotopic (exact) mass is 291 g/mol. The molecule has 0 spiro atoms. The average Bonchev–Trinajstić information content (AvgIpc) is 2.52. The fourth-order valence-electron chi connectivity index (χ4n) is 3.05. The SMILES string of the molecule is CCN1CCN(c2ccccc2CNCCOC)CC1C. The second kappa shape index (κ2) is 8.37. The lowest BCUT2D eigenvalue weighted by atomic mass is 10.1. The van der Waals surface area contributed by atoms with Crippen molar-refractivity contribution in [3.8, 4) is 0 Å². The zero-order valence-corrected chi connectivity index (χ0v) is 13.6. The first-order chi connectivity index (χ1) is 10.3. The Morgan fingerprint density at radius 3 is 2.81 bits per heavy atom. The lowest BCUT2D eigenvalue weighted by Crippen LogP contribution is -2.52. The van der Waals surface area contributed by atoms with Crippen LogP contribution < -0.4 is 10.2 Å². The number of ether oxygens (including phenoxy) is 1. The highest BCUT2D eigenvalue weighted by molar-refractivity contribution is 5.54. The van der Waals surface area contributed by atoms with Gasteiger partial charge in [-0.3, -0.25) is 4.90 Å². The van der Waals surface area contributed by atoms with Crippen LogP contribution in [0, 0.1) is 0 Å². The van der Waals surface area contributed by atoms with E-state index < -0.39 is 0 Å². The molecule has 0 bridgehead atoms. The van der Waals surface area contributed by atoms with Gasteiger partial charge in [0.2, 0.25) is 0 Å². The molecule has 1 fully saturated rings. The number of hydrogen-bond acceptors (Lipinski definition) is 4. The number of para-hydroxylation sites is 1. The molecule has 4 nitrogen and oxygen atoms in total. The third-order valence-corrected chi connectivity index (χ3v) is 4.30. The van der Waals surface area contributed by atoms with Gasteiger partial charge < -0.3 is 15.0 Å². The van der Waals surface area contributed by atoms with Crippen molar-refractivity contribution in [1.82, 2.24) is 10.2 Å². The summed E-state index contributed by atoms with van der Waals surface area (Å²) < 4.78 is 5.09. The van der Waals surface area contributed by atoms with Gasteiger partial charge in [0.05, 0.1) is 6.61 Å². The van der Waals surface area contributed by atoms with Crippen LogP contribution in [0.15, 0.2) is 24.3 Å². The highest BCUT2D eigenvalue weighted by Crippen LogP contribution is 2.23. The number of likely N-dealkylation sites (N-methyl/N-ethyl adjacent to an activating group) is 1. The maximum atomic E-state index is 5.09. The second-order valence-corrected chi connectivity index (χ2v) is 5.72. The molecule has 1 aliphatic rings. The van der Waals surface area contributed by atoms with Crippen LogP contribution in [-0.4, -0.2) is 57.4 Å². The molecule has 1 aliphatic heterocycles. The molecule has 0 aliphatic carbocycles. The summed E-state index contributed by atoms with van der Waals surface area (Å²) in [5.41, 5.74) is 2.76. The van der Waals surface area contributed by atoms with E-state index in [4.69, 9.17) is 4.74 Å². The first kappa shape index (κ1) is 16.3. The lowest BCUT2D eigenvalue weighted by Gasteiger charge is -2.41. The van der Waals surface area contributed by atoms with Gasteiger partial charge in [0.1, 0.15) is 0 Å². The van der Waals surface area contributed by atoms with Crippen molar-refractivity contribution < 1.29 is 4.74 Å². The number of rotatable bonds is 7. The summed E-state index contributed by atoms with van der Waals surface area (Å²) >= 11 is 0. The summed E-state index contributed by atoms with van der Waals surface area (Å²) in [6.07, 6.45) is 0. The molecule has 118 valence electrons. The molecule has 4 heteroatoms. The van der Waals surface area contributed by atoms with Gasteiger partial charge in [-0.05, 0) is 25.1 Å². The Morgan fingerprint density at radius 2 is 2.10 bits per heavy atom. The van der Waals surface area contributed by atoms with Crippen molar-refractivity contribution >= 4 is 5.69 Å².